The van der Waals surface area contributed by atoms with Crippen LogP contribution >= 0.6 is 0 Å². The molecule has 0 saturated carbocycles. The molecule has 282 valence electrons. The van der Waals surface area contributed by atoms with E-state index in [4.69, 9.17) is 0 Å². The minimum atomic E-state index is -1.65. The number of benzene rings is 1. The molecule has 0 bridgehead atoms. The number of likely N-dealkylation sites (N-methyl/N-ethyl adjacent to an activating group) is 1. The van der Waals surface area contributed by atoms with Crippen molar-refractivity contribution in [2.75, 3.05) is 32.0 Å². The number of nitrogens with one attached hydrogen (secondary N) is 5. The van der Waals surface area contributed by atoms with E-state index in [0.717, 1.165) is 0 Å². The molecule has 7 rings (SSSR count). The van der Waals surface area contributed by atoms with E-state index in [1.54, 1.807) is 45.0 Å². The Labute approximate surface area is 302 Å². The molecule has 0 unspecified atom stereocenters. The lowest BCUT2D eigenvalue weighted by Gasteiger charge is -2.45. The van der Waals surface area contributed by atoms with Gasteiger partial charge in [0.05, 0.1) is 0 Å². The standard InChI is InChI=1S/C35H50N10O7/c1-19(2)27-33(51)45-25(14-9-17-38-45)32(50)44-23(12-7-16-37-44)30(48)41(4)20(3)29(47)43-24(13-8-15-36-43)31(49)42-26(28(46)40-27)18-35(52)21-10-5-6-11-22(21)39-34(35)42/h5-6,10-11,19-20,23-27,34,36-39,52H,7-9,12-18H2,1-4H3,(H,40,46)/t20-,23-,24+,25+,26+,27-,34-,35+/m0/s1. The minimum absolute atomic E-state index is 0.162. The first-order valence-electron chi connectivity index (χ1n) is 18.5. The smallest absolute Gasteiger partial charge is 0.261 e. The molecule has 0 spiro atoms. The molecule has 6 amide bonds. The zero-order chi connectivity index (χ0) is 37.1. The molecule has 8 atom stereocenters. The Morgan fingerprint density at radius 1 is 0.712 bits per heavy atom. The highest BCUT2D eigenvalue weighted by molar-refractivity contribution is 5.99. The average Bonchev–Trinajstić information content (AvgIpc) is 3.62. The van der Waals surface area contributed by atoms with Gasteiger partial charge in [0.25, 0.3) is 17.7 Å². The van der Waals surface area contributed by atoms with E-state index in [2.05, 4.69) is 26.9 Å². The van der Waals surface area contributed by atoms with Crippen molar-refractivity contribution < 1.29 is 33.9 Å². The summed E-state index contributed by atoms with van der Waals surface area (Å²) in [6.45, 7) is 6.41. The fourth-order valence-electron chi connectivity index (χ4n) is 8.63. The van der Waals surface area contributed by atoms with Gasteiger partial charge < -0.3 is 25.5 Å². The Morgan fingerprint density at radius 3 is 1.87 bits per heavy atom. The van der Waals surface area contributed by atoms with Crippen molar-refractivity contribution >= 4 is 41.1 Å². The fraction of sp³-hybridized carbons (Fsp3) is 0.657. The summed E-state index contributed by atoms with van der Waals surface area (Å²) in [6.07, 6.45) is 1.50. The molecule has 6 aliphatic rings. The van der Waals surface area contributed by atoms with Crippen molar-refractivity contribution in [3.05, 3.63) is 29.8 Å². The van der Waals surface area contributed by atoms with Crippen molar-refractivity contribution in [2.24, 2.45) is 5.92 Å². The van der Waals surface area contributed by atoms with Gasteiger partial charge in [-0.1, -0.05) is 32.0 Å². The van der Waals surface area contributed by atoms with Crippen LogP contribution in [0.3, 0.4) is 0 Å². The molecule has 0 aromatic heterocycles. The number of carbonyl (C=O) groups is 6. The fourth-order valence-corrected chi connectivity index (χ4v) is 8.63. The van der Waals surface area contributed by atoms with Crippen LogP contribution in [0.25, 0.3) is 0 Å². The minimum Gasteiger partial charge on any atom is -0.381 e. The third-order valence-electron chi connectivity index (χ3n) is 11.6. The molecule has 6 N–H and O–H groups in total. The summed E-state index contributed by atoms with van der Waals surface area (Å²) in [7, 11) is 1.51. The van der Waals surface area contributed by atoms with Crippen LogP contribution in [0.15, 0.2) is 24.3 Å². The largest absolute Gasteiger partial charge is 0.381 e. The number of rotatable bonds is 1. The maximum Gasteiger partial charge on any atom is 0.261 e. The van der Waals surface area contributed by atoms with Gasteiger partial charge >= 0.3 is 0 Å². The molecule has 17 nitrogen and oxygen atoms in total. The van der Waals surface area contributed by atoms with Gasteiger partial charge in [0.2, 0.25) is 17.7 Å². The van der Waals surface area contributed by atoms with Gasteiger partial charge in [-0.25, -0.2) is 16.3 Å². The predicted molar refractivity (Wildman–Crippen MR) is 186 cm³/mol. The van der Waals surface area contributed by atoms with E-state index in [-0.39, 0.29) is 12.8 Å². The third-order valence-corrected chi connectivity index (χ3v) is 11.6. The summed E-state index contributed by atoms with van der Waals surface area (Å²) < 4.78 is 0. The predicted octanol–water partition coefficient (Wildman–Crippen LogP) is -1.29. The first kappa shape index (κ1) is 36.1. The molecule has 5 fully saturated rings. The summed E-state index contributed by atoms with van der Waals surface area (Å²) in [5, 5.41) is 22.3. The first-order valence-corrected chi connectivity index (χ1v) is 18.5. The van der Waals surface area contributed by atoms with Crippen molar-refractivity contribution in [2.45, 2.75) is 114 Å². The average molecular weight is 723 g/mol. The number of para-hydroxylation sites is 1. The second-order valence-corrected chi connectivity index (χ2v) is 15.2. The van der Waals surface area contributed by atoms with Gasteiger partial charge in [-0.2, -0.15) is 0 Å². The lowest BCUT2D eigenvalue weighted by atomic mass is 9.91. The Morgan fingerprint density at radius 2 is 1.25 bits per heavy atom. The number of aliphatic hydroxyl groups is 1. The van der Waals surface area contributed by atoms with E-state index in [9.17, 15) is 33.9 Å². The van der Waals surface area contributed by atoms with Crippen molar-refractivity contribution in [3.8, 4) is 0 Å². The van der Waals surface area contributed by atoms with E-state index in [1.807, 2.05) is 0 Å². The van der Waals surface area contributed by atoms with Gasteiger partial charge in [-0.05, 0) is 57.4 Å². The molecule has 1 aromatic rings. The molecule has 6 heterocycles. The summed E-state index contributed by atoms with van der Waals surface area (Å²) in [6, 6.07) is 0.782. The van der Waals surface area contributed by atoms with E-state index in [0.29, 0.717) is 63.0 Å². The molecule has 5 saturated heterocycles. The molecule has 0 aliphatic carbocycles. The number of carbonyl (C=O) groups excluding carboxylic acids is 6. The second kappa shape index (κ2) is 13.9. The molecule has 17 heteroatoms. The summed E-state index contributed by atoms with van der Waals surface area (Å²) in [5.74, 6) is -3.59. The van der Waals surface area contributed by atoms with Crippen molar-refractivity contribution in [1.29, 1.82) is 0 Å². The zero-order valence-corrected chi connectivity index (χ0v) is 30.1. The Bertz CT molecular complexity index is 1640. The lowest BCUT2D eigenvalue weighted by molar-refractivity contribution is -0.165. The van der Waals surface area contributed by atoms with Crippen molar-refractivity contribution in [3.63, 3.8) is 0 Å². The molecule has 1 aromatic carbocycles. The first-order chi connectivity index (χ1) is 24.8. The zero-order valence-electron chi connectivity index (χ0n) is 30.1. The van der Waals surface area contributed by atoms with Crippen molar-refractivity contribution in [1.82, 2.24) is 46.4 Å². The molecule has 52 heavy (non-hydrogen) atoms. The SMILES string of the molecule is CC(C)[C@@H]1NC(=O)[C@H]2C[C@@]3(O)c4ccccc4N[C@H]3N2C(=O)[C@H]2CCCNN2C(=O)[C@H](C)N(C)C(=O)[C@@H]2CCCNN2C(=O)[C@H]2CCCNN2C1=O. The molecule has 6 aliphatic heterocycles. The van der Waals surface area contributed by atoms with Crippen LogP contribution in [0.5, 0.6) is 0 Å². The van der Waals surface area contributed by atoms with Crippen LogP contribution in [-0.2, 0) is 34.4 Å². The number of anilines is 1. The summed E-state index contributed by atoms with van der Waals surface area (Å²) in [5.41, 5.74) is 8.73. The van der Waals surface area contributed by atoms with Crippen LogP contribution in [0.4, 0.5) is 5.69 Å². The van der Waals surface area contributed by atoms with Crippen LogP contribution in [0.2, 0.25) is 0 Å². The maximum absolute atomic E-state index is 14.9. The molecular weight excluding hydrogens is 672 g/mol. The highest BCUT2D eigenvalue weighted by Gasteiger charge is 2.61. The van der Waals surface area contributed by atoms with Crippen LogP contribution < -0.4 is 26.9 Å². The third kappa shape index (κ3) is 5.87. The van der Waals surface area contributed by atoms with Crippen LogP contribution in [-0.4, -0.2) is 134 Å². The lowest BCUT2D eigenvalue weighted by Crippen LogP contribution is -2.69. The number of hydrogen-bond donors (Lipinski definition) is 6. The van der Waals surface area contributed by atoms with Gasteiger partial charge in [0.15, 0.2) is 0 Å². The van der Waals surface area contributed by atoms with Gasteiger partial charge in [0, 0.05) is 44.4 Å². The maximum atomic E-state index is 14.9. The monoisotopic (exact) mass is 722 g/mol. The van der Waals surface area contributed by atoms with Crippen LogP contribution in [0, 0.1) is 5.92 Å². The van der Waals surface area contributed by atoms with E-state index < -0.39 is 89.4 Å². The van der Waals surface area contributed by atoms with Gasteiger partial charge in [-0.3, -0.25) is 43.8 Å². The van der Waals surface area contributed by atoms with Crippen LogP contribution in [0.1, 0.15) is 71.3 Å². The van der Waals surface area contributed by atoms with E-state index in [1.165, 1.54) is 31.9 Å². The second-order valence-electron chi connectivity index (χ2n) is 15.2. The number of amides is 6. The van der Waals surface area contributed by atoms with E-state index >= 15 is 0 Å². The number of hydrazine groups is 3. The highest BCUT2D eigenvalue weighted by Crippen LogP contribution is 2.49. The number of fused-ring (bicyclic) bond motifs is 8. The Kier molecular flexibility index (Phi) is 9.65. The molecular formula is C35H50N10O7. The topological polar surface area (TPSA) is 199 Å². The number of hydrogen-bond acceptors (Lipinski definition) is 11. The Hall–Kier alpha value is -4.32. The normalized spacial score (nSPS) is 34.8. The quantitative estimate of drug-likeness (QED) is 0.202. The van der Waals surface area contributed by atoms with Gasteiger partial charge in [-0.15, -0.1) is 0 Å². The van der Waals surface area contributed by atoms with Gasteiger partial charge in [0.1, 0.15) is 48.0 Å². The highest BCUT2D eigenvalue weighted by atomic mass is 16.3. The molecule has 0 radical (unpaired) electrons. The summed E-state index contributed by atoms with van der Waals surface area (Å²) in [4.78, 5) is 89.2. The number of nitrogens with zero attached hydrogens (tertiary/aromatic N) is 5. The summed E-state index contributed by atoms with van der Waals surface area (Å²) >= 11 is 0. The Balaban J connectivity index is 1.32.